The molecule has 3 heterocycles. The first-order valence-electron chi connectivity index (χ1n) is 8.06. The maximum absolute atomic E-state index is 12.9. The van der Waals surface area contributed by atoms with Crippen molar-refractivity contribution in [3.05, 3.63) is 46.2 Å². The van der Waals surface area contributed by atoms with Crippen LogP contribution in [0.1, 0.15) is 41.5 Å². The van der Waals surface area contributed by atoms with E-state index in [0.29, 0.717) is 32.5 Å². The molecule has 8 heteroatoms. The quantitative estimate of drug-likeness (QED) is 0.525. The van der Waals surface area contributed by atoms with Crippen molar-refractivity contribution < 1.29 is 9.32 Å². The minimum Gasteiger partial charge on any atom is -0.336 e. The lowest BCUT2D eigenvalue weighted by Crippen LogP contribution is -2.13. The van der Waals surface area contributed by atoms with E-state index in [1.807, 2.05) is 26.0 Å². The second-order valence-electron chi connectivity index (χ2n) is 6.28. The number of anilines is 1. The number of hydrogen-bond acceptors (Lipinski definition) is 6. The third kappa shape index (κ3) is 2.93. The van der Waals surface area contributed by atoms with Crippen molar-refractivity contribution in [1.29, 1.82) is 0 Å². The van der Waals surface area contributed by atoms with Gasteiger partial charge < -0.3 is 4.52 Å². The van der Waals surface area contributed by atoms with Gasteiger partial charge in [0.15, 0.2) is 5.13 Å². The van der Waals surface area contributed by atoms with Crippen LogP contribution in [0.2, 0.25) is 5.02 Å². The van der Waals surface area contributed by atoms with Crippen molar-refractivity contribution in [1.82, 2.24) is 15.1 Å². The smallest absolute Gasteiger partial charge is 0.259 e. The van der Waals surface area contributed by atoms with Gasteiger partial charge in [-0.05, 0) is 37.1 Å². The zero-order chi connectivity index (χ0) is 18.4. The summed E-state index contributed by atoms with van der Waals surface area (Å²) in [6, 6.07) is 7.22. The monoisotopic (exact) mass is 386 g/mol. The van der Waals surface area contributed by atoms with Crippen molar-refractivity contribution in [2.24, 2.45) is 0 Å². The first-order chi connectivity index (χ1) is 12.4. The summed E-state index contributed by atoms with van der Waals surface area (Å²) in [7, 11) is 0. The Morgan fingerprint density at radius 3 is 2.85 bits per heavy atom. The van der Waals surface area contributed by atoms with Crippen molar-refractivity contribution in [3.63, 3.8) is 0 Å². The van der Waals surface area contributed by atoms with Crippen molar-refractivity contribution in [3.8, 4) is 0 Å². The highest BCUT2D eigenvalue weighted by Crippen LogP contribution is 2.30. The predicted molar refractivity (Wildman–Crippen MR) is 103 cm³/mol. The lowest BCUT2D eigenvalue weighted by Gasteiger charge is -2.08. The molecule has 0 bridgehead atoms. The Hall–Kier alpha value is -2.51. The summed E-state index contributed by atoms with van der Waals surface area (Å²) in [5, 5.41) is 8.58. The highest BCUT2D eigenvalue weighted by atomic mass is 35.5. The number of fused-ring (bicyclic) bond motifs is 2. The Morgan fingerprint density at radius 1 is 1.27 bits per heavy atom. The average molecular weight is 387 g/mol. The second kappa shape index (κ2) is 6.34. The number of carbonyl (C=O) groups excluding carboxylic acids is 1. The lowest BCUT2D eigenvalue weighted by molar-refractivity contribution is 0.102. The summed E-state index contributed by atoms with van der Waals surface area (Å²) in [6.45, 7) is 5.81. The number of rotatable bonds is 3. The van der Waals surface area contributed by atoms with E-state index in [1.54, 1.807) is 19.1 Å². The standard InChI is InChI=1S/C18H15ClN4O2S/c1-8(2)13-7-11(15-9(3)23-25-17(15)20-13)16(24)22-18-21-12-5-4-10(19)6-14(12)26-18/h4-8H,1-3H3,(H,21,22,24). The van der Waals surface area contributed by atoms with Crippen LogP contribution in [0.4, 0.5) is 5.13 Å². The van der Waals surface area contributed by atoms with Crippen LogP contribution in [0.3, 0.4) is 0 Å². The minimum absolute atomic E-state index is 0.154. The normalized spacial score (nSPS) is 11.6. The predicted octanol–water partition coefficient (Wildman–Crippen LogP) is 5.17. The number of aryl methyl sites for hydroxylation is 1. The fourth-order valence-electron chi connectivity index (χ4n) is 2.70. The van der Waals surface area contributed by atoms with Gasteiger partial charge in [-0.1, -0.05) is 41.9 Å². The number of nitrogens with zero attached hydrogens (tertiary/aromatic N) is 3. The fourth-order valence-corrected chi connectivity index (χ4v) is 3.84. The molecular formula is C18H15ClN4O2S. The Balaban J connectivity index is 1.76. The minimum atomic E-state index is -0.268. The molecule has 0 aliphatic carbocycles. The molecule has 4 aromatic rings. The largest absolute Gasteiger partial charge is 0.336 e. The van der Waals surface area contributed by atoms with Gasteiger partial charge >= 0.3 is 0 Å². The Bertz CT molecular complexity index is 1150. The van der Waals surface area contributed by atoms with E-state index in [-0.39, 0.29) is 11.8 Å². The third-order valence-corrected chi connectivity index (χ3v) is 5.21. The van der Waals surface area contributed by atoms with Gasteiger partial charge in [-0.2, -0.15) is 0 Å². The molecule has 0 radical (unpaired) electrons. The zero-order valence-corrected chi connectivity index (χ0v) is 15.9. The van der Waals surface area contributed by atoms with Gasteiger partial charge in [0, 0.05) is 10.7 Å². The van der Waals surface area contributed by atoms with Gasteiger partial charge in [0.25, 0.3) is 11.6 Å². The summed E-state index contributed by atoms with van der Waals surface area (Å²) in [5.41, 5.74) is 3.04. The molecule has 0 atom stereocenters. The lowest BCUT2D eigenvalue weighted by atomic mass is 10.0. The average Bonchev–Trinajstić information content (AvgIpc) is 3.16. The topological polar surface area (TPSA) is 80.9 Å². The van der Waals surface area contributed by atoms with Gasteiger partial charge in [0.05, 0.1) is 26.9 Å². The van der Waals surface area contributed by atoms with Crippen LogP contribution >= 0.6 is 22.9 Å². The molecule has 1 aromatic carbocycles. The summed E-state index contributed by atoms with van der Waals surface area (Å²) in [4.78, 5) is 21.8. The van der Waals surface area contributed by atoms with Crippen LogP contribution in [0.5, 0.6) is 0 Å². The van der Waals surface area contributed by atoms with Crippen molar-refractivity contribution in [2.75, 3.05) is 5.32 Å². The summed E-state index contributed by atoms with van der Waals surface area (Å²) < 4.78 is 6.19. The van der Waals surface area contributed by atoms with Crippen LogP contribution in [0.25, 0.3) is 21.3 Å². The number of amides is 1. The van der Waals surface area contributed by atoms with E-state index in [1.165, 1.54) is 11.3 Å². The van der Waals surface area contributed by atoms with E-state index >= 15 is 0 Å². The molecule has 1 N–H and O–H groups in total. The van der Waals surface area contributed by atoms with E-state index in [4.69, 9.17) is 16.1 Å². The van der Waals surface area contributed by atoms with Gasteiger partial charge in [-0.15, -0.1) is 0 Å². The van der Waals surface area contributed by atoms with E-state index in [2.05, 4.69) is 20.4 Å². The molecule has 6 nitrogen and oxygen atoms in total. The number of thiazole rings is 1. The summed E-state index contributed by atoms with van der Waals surface area (Å²) in [6.07, 6.45) is 0. The number of hydrogen-bond donors (Lipinski definition) is 1. The third-order valence-electron chi connectivity index (χ3n) is 4.04. The van der Waals surface area contributed by atoms with Gasteiger partial charge in [-0.25, -0.2) is 9.97 Å². The fraction of sp³-hybridized carbons (Fsp3) is 0.222. The number of nitrogens with one attached hydrogen (secondary N) is 1. The molecule has 0 saturated carbocycles. The van der Waals surface area contributed by atoms with Crippen molar-refractivity contribution >= 4 is 55.3 Å². The molecule has 0 saturated heterocycles. The molecule has 0 unspecified atom stereocenters. The van der Waals surface area contributed by atoms with E-state index in [9.17, 15) is 4.79 Å². The Labute approximate surface area is 158 Å². The van der Waals surface area contributed by atoms with E-state index < -0.39 is 0 Å². The van der Waals surface area contributed by atoms with Crippen LogP contribution < -0.4 is 5.32 Å². The van der Waals surface area contributed by atoms with Gasteiger partial charge in [-0.3, -0.25) is 10.1 Å². The molecule has 0 aliphatic heterocycles. The molecule has 26 heavy (non-hydrogen) atoms. The molecule has 0 fully saturated rings. The van der Waals surface area contributed by atoms with Crippen LogP contribution in [0.15, 0.2) is 28.8 Å². The molecule has 0 aliphatic rings. The second-order valence-corrected chi connectivity index (χ2v) is 7.75. The van der Waals surface area contributed by atoms with E-state index in [0.717, 1.165) is 15.9 Å². The summed E-state index contributed by atoms with van der Waals surface area (Å²) in [5.74, 6) is -0.114. The number of halogens is 1. The number of aromatic nitrogens is 3. The number of carbonyl (C=O) groups is 1. The molecular weight excluding hydrogens is 372 g/mol. The first kappa shape index (κ1) is 16.9. The zero-order valence-electron chi connectivity index (χ0n) is 14.3. The maximum atomic E-state index is 12.9. The van der Waals surface area contributed by atoms with Crippen LogP contribution in [0, 0.1) is 6.92 Å². The molecule has 132 valence electrons. The van der Waals surface area contributed by atoms with Crippen LogP contribution in [-0.4, -0.2) is 21.0 Å². The Morgan fingerprint density at radius 2 is 2.08 bits per heavy atom. The van der Waals surface area contributed by atoms with Crippen molar-refractivity contribution in [2.45, 2.75) is 26.7 Å². The maximum Gasteiger partial charge on any atom is 0.259 e. The molecule has 1 amide bonds. The Kier molecular flexibility index (Phi) is 4.13. The highest BCUT2D eigenvalue weighted by molar-refractivity contribution is 7.22. The SMILES string of the molecule is Cc1noc2nc(C(C)C)cc(C(=O)Nc3nc4ccc(Cl)cc4s3)c12. The summed E-state index contributed by atoms with van der Waals surface area (Å²) >= 11 is 7.39. The number of benzene rings is 1. The van der Waals surface area contributed by atoms with Crippen LogP contribution in [-0.2, 0) is 0 Å². The molecule has 3 aromatic heterocycles. The van der Waals surface area contributed by atoms with Gasteiger partial charge in [0.1, 0.15) is 0 Å². The first-order valence-corrected chi connectivity index (χ1v) is 9.26. The van der Waals surface area contributed by atoms with Gasteiger partial charge in [0.2, 0.25) is 0 Å². The molecule has 0 spiro atoms. The molecule has 4 rings (SSSR count). The number of pyridine rings is 1. The highest BCUT2D eigenvalue weighted by Gasteiger charge is 2.20.